The lowest BCUT2D eigenvalue weighted by Gasteiger charge is -2.03. The van der Waals surface area contributed by atoms with Gasteiger partial charge in [0, 0.05) is 11.2 Å². The van der Waals surface area contributed by atoms with Crippen LogP contribution < -0.4 is 10.6 Å². The van der Waals surface area contributed by atoms with E-state index in [1.807, 2.05) is 14.0 Å². The normalized spacial score (nSPS) is 10.3. The average Bonchev–Trinajstić information content (AvgIpc) is 2.72. The van der Waals surface area contributed by atoms with Gasteiger partial charge in [-0.05, 0) is 56.1 Å². The maximum absolute atomic E-state index is 13.2. The van der Waals surface area contributed by atoms with Gasteiger partial charge >= 0.3 is 0 Å². The zero-order valence-electron chi connectivity index (χ0n) is 11.5. The molecule has 0 saturated heterocycles. The second-order valence-corrected chi connectivity index (χ2v) is 5.46. The SMILES string of the molecule is CNCCCNC(=O)c1sc2ccc(F)cc2c1C.Cl. The van der Waals surface area contributed by atoms with E-state index in [4.69, 9.17) is 0 Å². The number of amides is 1. The second kappa shape index (κ2) is 7.57. The molecule has 0 aliphatic heterocycles. The van der Waals surface area contributed by atoms with Crippen molar-refractivity contribution < 1.29 is 9.18 Å². The summed E-state index contributed by atoms with van der Waals surface area (Å²) in [5.41, 5.74) is 0.852. The van der Waals surface area contributed by atoms with Crippen molar-refractivity contribution in [2.45, 2.75) is 13.3 Å². The van der Waals surface area contributed by atoms with Gasteiger partial charge in [0.05, 0.1) is 4.88 Å². The van der Waals surface area contributed by atoms with Crippen LogP contribution >= 0.6 is 23.7 Å². The highest BCUT2D eigenvalue weighted by atomic mass is 35.5. The summed E-state index contributed by atoms with van der Waals surface area (Å²) in [6.07, 6.45) is 0.890. The number of hydrogen-bond donors (Lipinski definition) is 2. The largest absolute Gasteiger partial charge is 0.351 e. The van der Waals surface area contributed by atoms with E-state index >= 15 is 0 Å². The number of fused-ring (bicyclic) bond motifs is 1. The fourth-order valence-corrected chi connectivity index (χ4v) is 3.06. The van der Waals surface area contributed by atoms with Gasteiger partial charge in [0.15, 0.2) is 0 Å². The van der Waals surface area contributed by atoms with E-state index in [1.54, 1.807) is 6.07 Å². The lowest BCUT2D eigenvalue weighted by molar-refractivity contribution is 0.0957. The van der Waals surface area contributed by atoms with Crippen LogP contribution in [0.4, 0.5) is 4.39 Å². The zero-order valence-corrected chi connectivity index (χ0v) is 13.1. The maximum Gasteiger partial charge on any atom is 0.261 e. The van der Waals surface area contributed by atoms with Crippen molar-refractivity contribution in [1.82, 2.24) is 10.6 Å². The van der Waals surface area contributed by atoms with Gasteiger partial charge in [-0.3, -0.25) is 4.79 Å². The highest BCUT2D eigenvalue weighted by molar-refractivity contribution is 7.21. The third kappa shape index (κ3) is 3.69. The standard InChI is InChI=1S/C14H17FN2OS.ClH/c1-9-11-8-10(15)4-5-12(11)19-13(9)14(18)17-7-3-6-16-2;/h4-5,8,16H,3,6-7H2,1-2H3,(H,17,18);1H. The van der Waals surface area contributed by atoms with Crippen LogP contribution in [-0.2, 0) is 0 Å². The molecule has 1 aromatic heterocycles. The highest BCUT2D eigenvalue weighted by Gasteiger charge is 2.15. The molecule has 0 atom stereocenters. The monoisotopic (exact) mass is 316 g/mol. The number of hydrogen-bond acceptors (Lipinski definition) is 3. The molecule has 2 rings (SSSR count). The Morgan fingerprint density at radius 2 is 2.10 bits per heavy atom. The first-order valence-corrected chi connectivity index (χ1v) is 7.06. The molecule has 0 radical (unpaired) electrons. The van der Waals surface area contributed by atoms with E-state index in [9.17, 15) is 9.18 Å². The molecular weight excluding hydrogens is 299 g/mol. The third-order valence-corrected chi connectivity index (χ3v) is 4.27. The second-order valence-electron chi connectivity index (χ2n) is 4.41. The topological polar surface area (TPSA) is 41.1 Å². The Kier molecular flexibility index (Phi) is 6.39. The first-order valence-electron chi connectivity index (χ1n) is 6.25. The smallest absolute Gasteiger partial charge is 0.261 e. The van der Waals surface area contributed by atoms with Crippen molar-refractivity contribution in [2.24, 2.45) is 0 Å². The number of carbonyl (C=O) groups excluding carboxylic acids is 1. The number of carbonyl (C=O) groups is 1. The van der Waals surface area contributed by atoms with Crippen LogP contribution in [-0.4, -0.2) is 26.0 Å². The fraction of sp³-hybridized carbons (Fsp3) is 0.357. The third-order valence-electron chi connectivity index (χ3n) is 2.99. The highest BCUT2D eigenvalue weighted by Crippen LogP contribution is 2.31. The number of benzene rings is 1. The Morgan fingerprint density at radius 1 is 1.35 bits per heavy atom. The predicted octanol–water partition coefficient (Wildman–Crippen LogP) is 3.11. The van der Waals surface area contributed by atoms with Crippen LogP contribution in [0.5, 0.6) is 0 Å². The van der Waals surface area contributed by atoms with Crippen molar-refractivity contribution in [1.29, 1.82) is 0 Å². The van der Waals surface area contributed by atoms with Crippen molar-refractivity contribution >= 4 is 39.7 Å². The summed E-state index contributed by atoms with van der Waals surface area (Å²) in [5.74, 6) is -0.343. The summed E-state index contributed by atoms with van der Waals surface area (Å²) in [5, 5.41) is 6.74. The number of aryl methyl sites for hydroxylation is 1. The van der Waals surface area contributed by atoms with Crippen LogP contribution in [0.1, 0.15) is 21.7 Å². The number of nitrogens with one attached hydrogen (secondary N) is 2. The van der Waals surface area contributed by atoms with Gasteiger partial charge in [-0.1, -0.05) is 0 Å². The van der Waals surface area contributed by atoms with Crippen LogP contribution in [0.3, 0.4) is 0 Å². The summed E-state index contributed by atoms with van der Waals surface area (Å²) in [4.78, 5) is 12.7. The Hall–Kier alpha value is -1.17. The molecule has 0 aliphatic rings. The molecule has 0 saturated carbocycles. The lowest BCUT2D eigenvalue weighted by Crippen LogP contribution is -2.26. The number of rotatable bonds is 5. The van der Waals surface area contributed by atoms with Gasteiger partial charge in [0.2, 0.25) is 0 Å². The first kappa shape index (κ1) is 16.9. The molecule has 110 valence electrons. The number of thiophene rings is 1. The molecule has 0 spiro atoms. The minimum atomic E-state index is -0.269. The zero-order chi connectivity index (χ0) is 13.8. The molecule has 0 unspecified atom stereocenters. The molecule has 2 N–H and O–H groups in total. The quantitative estimate of drug-likeness (QED) is 0.832. The van der Waals surface area contributed by atoms with E-state index in [1.165, 1.54) is 23.5 Å². The van der Waals surface area contributed by atoms with Gasteiger partial charge in [-0.2, -0.15) is 0 Å². The Morgan fingerprint density at radius 3 is 2.80 bits per heavy atom. The van der Waals surface area contributed by atoms with Crippen LogP contribution in [0.15, 0.2) is 18.2 Å². The molecular formula is C14H18ClFN2OS. The van der Waals surface area contributed by atoms with Crippen molar-refractivity contribution in [3.05, 3.63) is 34.5 Å². The van der Waals surface area contributed by atoms with Crippen LogP contribution in [0, 0.1) is 12.7 Å². The van der Waals surface area contributed by atoms with E-state index in [0.717, 1.165) is 28.6 Å². The molecule has 1 aromatic carbocycles. The maximum atomic E-state index is 13.2. The Labute approximate surface area is 128 Å². The molecule has 0 aliphatic carbocycles. The first-order chi connectivity index (χ1) is 9.13. The van der Waals surface area contributed by atoms with Gasteiger partial charge in [-0.25, -0.2) is 4.39 Å². The molecule has 6 heteroatoms. The Balaban J connectivity index is 0.00000200. The average molecular weight is 317 g/mol. The molecule has 0 bridgehead atoms. The van der Waals surface area contributed by atoms with E-state index in [-0.39, 0.29) is 24.1 Å². The molecule has 1 amide bonds. The van der Waals surface area contributed by atoms with Crippen molar-refractivity contribution in [2.75, 3.05) is 20.1 Å². The Bertz CT molecular complexity index is 600. The van der Waals surface area contributed by atoms with E-state index in [0.29, 0.717) is 11.4 Å². The van der Waals surface area contributed by atoms with E-state index < -0.39 is 0 Å². The summed E-state index contributed by atoms with van der Waals surface area (Å²) in [7, 11) is 1.88. The molecule has 2 aromatic rings. The lowest BCUT2D eigenvalue weighted by atomic mass is 10.1. The van der Waals surface area contributed by atoms with Crippen LogP contribution in [0.25, 0.3) is 10.1 Å². The molecule has 20 heavy (non-hydrogen) atoms. The predicted molar refractivity (Wildman–Crippen MR) is 84.6 cm³/mol. The van der Waals surface area contributed by atoms with Crippen molar-refractivity contribution in [3.63, 3.8) is 0 Å². The van der Waals surface area contributed by atoms with Gasteiger partial charge in [-0.15, -0.1) is 23.7 Å². The minimum absolute atomic E-state index is 0. The minimum Gasteiger partial charge on any atom is -0.351 e. The van der Waals surface area contributed by atoms with Gasteiger partial charge < -0.3 is 10.6 Å². The van der Waals surface area contributed by atoms with Crippen molar-refractivity contribution in [3.8, 4) is 0 Å². The van der Waals surface area contributed by atoms with E-state index in [2.05, 4.69) is 10.6 Å². The summed E-state index contributed by atoms with van der Waals surface area (Å²) < 4.78 is 14.2. The summed E-state index contributed by atoms with van der Waals surface area (Å²) in [6.45, 7) is 3.37. The summed E-state index contributed by atoms with van der Waals surface area (Å²) >= 11 is 1.41. The number of halogens is 2. The molecule has 1 heterocycles. The van der Waals surface area contributed by atoms with Crippen LogP contribution in [0.2, 0.25) is 0 Å². The fourth-order valence-electron chi connectivity index (χ4n) is 1.96. The molecule has 0 fully saturated rings. The summed E-state index contributed by atoms with van der Waals surface area (Å²) in [6, 6.07) is 4.63. The van der Waals surface area contributed by atoms with Gasteiger partial charge in [0.1, 0.15) is 5.82 Å². The molecule has 3 nitrogen and oxygen atoms in total. The van der Waals surface area contributed by atoms with Gasteiger partial charge in [0.25, 0.3) is 5.91 Å².